The molecule has 0 saturated carbocycles. The molecule has 0 saturated heterocycles. The zero-order valence-corrected chi connectivity index (χ0v) is 10.5. The number of hydrogen-bond donors (Lipinski definition) is 1. The summed E-state index contributed by atoms with van der Waals surface area (Å²) in [6.45, 7) is 0.270. The second kappa shape index (κ2) is 5.68. The summed E-state index contributed by atoms with van der Waals surface area (Å²) in [5.74, 6) is -1.78. The lowest BCUT2D eigenvalue weighted by Gasteiger charge is -2.09. The van der Waals surface area contributed by atoms with Crippen LogP contribution in [0, 0.1) is 23.0 Å². The van der Waals surface area contributed by atoms with E-state index < -0.39 is 11.6 Å². The molecule has 0 aliphatic rings. The molecule has 0 atom stereocenters. The molecule has 96 valence electrons. The van der Waals surface area contributed by atoms with Crippen LogP contribution >= 0.6 is 11.6 Å². The lowest BCUT2D eigenvalue weighted by atomic mass is 10.1. The van der Waals surface area contributed by atoms with E-state index in [9.17, 15) is 8.78 Å². The van der Waals surface area contributed by atoms with Crippen LogP contribution in [0.25, 0.3) is 0 Å². The van der Waals surface area contributed by atoms with Crippen molar-refractivity contribution in [1.29, 1.82) is 5.26 Å². The van der Waals surface area contributed by atoms with Crippen LogP contribution in [0.5, 0.6) is 0 Å². The normalized spacial score (nSPS) is 10.0. The first-order valence-corrected chi connectivity index (χ1v) is 5.86. The third-order valence-electron chi connectivity index (χ3n) is 2.59. The van der Waals surface area contributed by atoms with Crippen LogP contribution in [0.4, 0.5) is 14.5 Å². The molecule has 19 heavy (non-hydrogen) atoms. The van der Waals surface area contributed by atoms with Crippen molar-refractivity contribution < 1.29 is 8.78 Å². The highest BCUT2D eigenvalue weighted by atomic mass is 35.5. The number of hydrogen-bond acceptors (Lipinski definition) is 2. The topological polar surface area (TPSA) is 35.8 Å². The molecule has 0 bridgehead atoms. The van der Waals surface area contributed by atoms with Crippen molar-refractivity contribution >= 4 is 17.3 Å². The summed E-state index contributed by atoms with van der Waals surface area (Å²) in [4.78, 5) is 0. The Kier molecular flexibility index (Phi) is 3.98. The standard InChI is InChI=1S/C14H9ClF2N2/c15-11-2-1-3-14(10(11)7-18)19-8-9-4-5-12(16)13(17)6-9/h1-6,19H,8H2. The number of nitrogens with zero attached hydrogens (tertiary/aromatic N) is 1. The van der Waals surface area contributed by atoms with Gasteiger partial charge in [0, 0.05) is 6.54 Å². The predicted octanol–water partition coefficient (Wildman–Crippen LogP) is 4.10. The molecule has 0 aliphatic carbocycles. The van der Waals surface area contributed by atoms with Crippen molar-refractivity contribution in [2.45, 2.75) is 6.54 Å². The van der Waals surface area contributed by atoms with Gasteiger partial charge in [-0.15, -0.1) is 0 Å². The van der Waals surface area contributed by atoms with Gasteiger partial charge in [0.15, 0.2) is 11.6 Å². The monoisotopic (exact) mass is 278 g/mol. The lowest BCUT2D eigenvalue weighted by molar-refractivity contribution is 0.507. The van der Waals surface area contributed by atoms with E-state index >= 15 is 0 Å². The van der Waals surface area contributed by atoms with Crippen LogP contribution in [0.15, 0.2) is 36.4 Å². The zero-order valence-electron chi connectivity index (χ0n) is 9.75. The summed E-state index contributed by atoms with van der Waals surface area (Å²) in [7, 11) is 0. The summed E-state index contributed by atoms with van der Waals surface area (Å²) >= 11 is 5.89. The Balaban J connectivity index is 2.17. The highest BCUT2D eigenvalue weighted by Gasteiger charge is 2.07. The average Bonchev–Trinajstić information content (AvgIpc) is 2.40. The maximum Gasteiger partial charge on any atom is 0.159 e. The van der Waals surface area contributed by atoms with E-state index in [1.54, 1.807) is 18.2 Å². The van der Waals surface area contributed by atoms with Gasteiger partial charge in [-0.05, 0) is 29.8 Å². The number of nitriles is 1. The predicted molar refractivity (Wildman–Crippen MR) is 69.9 cm³/mol. The van der Waals surface area contributed by atoms with Crippen LogP contribution in [0.2, 0.25) is 5.02 Å². The average molecular weight is 279 g/mol. The molecule has 0 spiro atoms. The molecule has 2 rings (SSSR count). The van der Waals surface area contributed by atoms with Crippen LogP contribution < -0.4 is 5.32 Å². The molecule has 5 heteroatoms. The maximum atomic E-state index is 13.0. The first-order valence-electron chi connectivity index (χ1n) is 5.48. The van der Waals surface area contributed by atoms with Crippen LogP contribution in [-0.4, -0.2) is 0 Å². The summed E-state index contributed by atoms with van der Waals surface area (Å²) in [6.07, 6.45) is 0. The van der Waals surface area contributed by atoms with Gasteiger partial charge in [-0.1, -0.05) is 23.7 Å². The zero-order chi connectivity index (χ0) is 13.8. The van der Waals surface area contributed by atoms with E-state index in [1.165, 1.54) is 6.07 Å². The minimum absolute atomic E-state index is 0.270. The number of benzene rings is 2. The first kappa shape index (κ1) is 13.3. The number of halogens is 3. The molecule has 0 fully saturated rings. The van der Waals surface area contributed by atoms with Gasteiger partial charge < -0.3 is 5.32 Å². The van der Waals surface area contributed by atoms with E-state index in [-0.39, 0.29) is 6.54 Å². The van der Waals surface area contributed by atoms with Crippen LogP contribution in [-0.2, 0) is 6.54 Å². The van der Waals surface area contributed by atoms with Crippen molar-refractivity contribution in [2.75, 3.05) is 5.32 Å². The number of rotatable bonds is 3. The number of nitrogens with one attached hydrogen (secondary N) is 1. The van der Waals surface area contributed by atoms with E-state index in [1.807, 2.05) is 6.07 Å². The third-order valence-corrected chi connectivity index (χ3v) is 2.91. The molecule has 0 aromatic heterocycles. The Morgan fingerprint density at radius 3 is 2.63 bits per heavy atom. The Labute approximate surface area is 114 Å². The van der Waals surface area contributed by atoms with Gasteiger partial charge in [-0.3, -0.25) is 0 Å². The van der Waals surface area contributed by atoms with Gasteiger partial charge in [-0.2, -0.15) is 5.26 Å². The van der Waals surface area contributed by atoms with Crippen molar-refractivity contribution in [2.24, 2.45) is 0 Å². The molecule has 0 radical (unpaired) electrons. The summed E-state index contributed by atoms with van der Waals surface area (Å²) in [5, 5.41) is 12.3. The van der Waals surface area contributed by atoms with E-state index in [0.717, 1.165) is 12.1 Å². The van der Waals surface area contributed by atoms with Gasteiger partial charge in [0.05, 0.1) is 16.3 Å². The molecule has 1 N–H and O–H groups in total. The van der Waals surface area contributed by atoms with E-state index in [0.29, 0.717) is 21.8 Å². The minimum atomic E-state index is -0.897. The highest BCUT2D eigenvalue weighted by Crippen LogP contribution is 2.23. The Morgan fingerprint density at radius 2 is 1.95 bits per heavy atom. The van der Waals surface area contributed by atoms with Gasteiger partial charge in [0.25, 0.3) is 0 Å². The van der Waals surface area contributed by atoms with Gasteiger partial charge in [0.2, 0.25) is 0 Å². The third kappa shape index (κ3) is 3.01. The molecule has 0 heterocycles. The molecule has 2 aromatic carbocycles. The Bertz CT molecular complexity index is 650. The van der Waals surface area contributed by atoms with Gasteiger partial charge >= 0.3 is 0 Å². The minimum Gasteiger partial charge on any atom is -0.380 e. The first-order chi connectivity index (χ1) is 9.11. The molecular weight excluding hydrogens is 270 g/mol. The van der Waals surface area contributed by atoms with Gasteiger partial charge in [0.1, 0.15) is 6.07 Å². The Hall–Kier alpha value is -2.12. The van der Waals surface area contributed by atoms with Crippen molar-refractivity contribution in [3.63, 3.8) is 0 Å². The van der Waals surface area contributed by atoms with Gasteiger partial charge in [-0.25, -0.2) is 8.78 Å². The van der Waals surface area contributed by atoms with Crippen molar-refractivity contribution in [3.05, 3.63) is 64.2 Å². The lowest BCUT2D eigenvalue weighted by Crippen LogP contribution is -2.02. The summed E-state index contributed by atoms with van der Waals surface area (Å²) < 4.78 is 25.8. The smallest absolute Gasteiger partial charge is 0.159 e. The second-order valence-corrected chi connectivity index (χ2v) is 4.28. The van der Waals surface area contributed by atoms with Crippen molar-refractivity contribution in [1.82, 2.24) is 0 Å². The molecule has 2 nitrogen and oxygen atoms in total. The van der Waals surface area contributed by atoms with E-state index in [4.69, 9.17) is 16.9 Å². The molecule has 0 unspecified atom stereocenters. The van der Waals surface area contributed by atoms with Crippen LogP contribution in [0.1, 0.15) is 11.1 Å². The second-order valence-electron chi connectivity index (χ2n) is 3.88. The SMILES string of the molecule is N#Cc1c(Cl)cccc1NCc1ccc(F)c(F)c1. The van der Waals surface area contributed by atoms with Crippen LogP contribution in [0.3, 0.4) is 0 Å². The fourth-order valence-corrected chi connectivity index (χ4v) is 1.85. The quantitative estimate of drug-likeness (QED) is 0.917. The number of anilines is 1. The molecule has 0 aliphatic heterocycles. The maximum absolute atomic E-state index is 13.0. The van der Waals surface area contributed by atoms with Crippen molar-refractivity contribution in [3.8, 4) is 6.07 Å². The Morgan fingerprint density at radius 1 is 1.16 bits per heavy atom. The molecule has 2 aromatic rings. The highest BCUT2D eigenvalue weighted by molar-refractivity contribution is 6.32. The fourth-order valence-electron chi connectivity index (χ4n) is 1.63. The summed E-state index contributed by atoms with van der Waals surface area (Å²) in [5.41, 5.74) is 1.45. The molecule has 0 amide bonds. The summed E-state index contributed by atoms with van der Waals surface area (Å²) in [6, 6.07) is 10.7. The molecular formula is C14H9ClF2N2. The van der Waals surface area contributed by atoms with E-state index in [2.05, 4.69) is 5.32 Å². The fraction of sp³-hybridized carbons (Fsp3) is 0.0714. The largest absolute Gasteiger partial charge is 0.380 e.